The van der Waals surface area contributed by atoms with Gasteiger partial charge in [-0.05, 0) is 77.9 Å². The van der Waals surface area contributed by atoms with Gasteiger partial charge in [-0.2, -0.15) is 0 Å². The molecule has 5 rings (SSSR count). The van der Waals surface area contributed by atoms with Crippen LogP contribution in [0.3, 0.4) is 0 Å². The zero-order valence-corrected chi connectivity index (χ0v) is 23.9. The molecule has 0 heterocycles. The molecule has 0 aliphatic rings. The van der Waals surface area contributed by atoms with Gasteiger partial charge in [0.1, 0.15) is 36.2 Å². The Hall–Kier alpha value is -6.56. The molecule has 5 aromatic rings. The van der Waals surface area contributed by atoms with Crippen molar-refractivity contribution >= 4 is 23.3 Å². The van der Waals surface area contributed by atoms with Gasteiger partial charge in [0.05, 0.1) is 21.0 Å². The second-order valence-corrected chi connectivity index (χ2v) is 9.73. The Labute approximate surface area is 261 Å². The van der Waals surface area contributed by atoms with E-state index in [1.165, 1.54) is 66.7 Å². The lowest BCUT2D eigenvalue weighted by atomic mass is 10.1. The number of rotatable bonds is 12. The summed E-state index contributed by atoms with van der Waals surface area (Å²) in [5, 5.41) is 21.6. The smallest absolute Gasteiger partial charge is 0.338 e. The summed E-state index contributed by atoms with van der Waals surface area (Å²) >= 11 is 0. The highest BCUT2D eigenvalue weighted by molar-refractivity contribution is 5.95. The normalized spacial score (nSPS) is 10.4. The van der Waals surface area contributed by atoms with Crippen LogP contribution in [0.25, 0.3) is 0 Å². The molecule has 0 saturated carbocycles. The van der Waals surface area contributed by atoms with Crippen molar-refractivity contribution in [2.75, 3.05) is 0 Å². The van der Waals surface area contributed by atoms with Crippen molar-refractivity contribution in [1.29, 1.82) is 0 Å². The van der Waals surface area contributed by atoms with Gasteiger partial charge in [-0.3, -0.25) is 20.2 Å². The fourth-order valence-corrected chi connectivity index (χ4v) is 4.09. The standard InChI is InChI=1S/C34H24N2O10/c37-33(43-21-23-4-12-29(13-5-23)45-31-16-8-27(9-17-31)35(39)40)25-2-1-3-26(20-25)34(38)44-22-24-6-14-30(15-7-24)46-32-18-10-28(11-19-32)36(41)42/h1-20H,21-22H2. The van der Waals surface area contributed by atoms with Crippen LogP contribution < -0.4 is 9.47 Å². The van der Waals surface area contributed by atoms with Crippen molar-refractivity contribution in [2.24, 2.45) is 0 Å². The highest BCUT2D eigenvalue weighted by Gasteiger charge is 2.14. The van der Waals surface area contributed by atoms with Gasteiger partial charge in [-0.25, -0.2) is 9.59 Å². The van der Waals surface area contributed by atoms with Gasteiger partial charge >= 0.3 is 11.9 Å². The third kappa shape index (κ3) is 8.29. The van der Waals surface area contributed by atoms with Gasteiger partial charge in [0.15, 0.2) is 0 Å². The van der Waals surface area contributed by atoms with E-state index in [4.69, 9.17) is 18.9 Å². The summed E-state index contributed by atoms with van der Waals surface area (Å²) in [6, 6.07) is 31.0. The monoisotopic (exact) mass is 620 g/mol. The highest BCUT2D eigenvalue weighted by Crippen LogP contribution is 2.26. The summed E-state index contributed by atoms with van der Waals surface area (Å²) in [6.07, 6.45) is 0. The lowest BCUT2D eigenvalue weighted by molar-refractivity contribution is -0.385. The van der Waals surface area contributed by atoms with Crippen molar-refractivity contribution in [1.82, 2.24) is 0 Å². The molecule has 0 radical (unpaired) electrons. The average molecular weight is 621 g/mol. The lowest BCUT2D eigenvalue weighted by Crippen LogP contribution is -2.09. The van der Waals surface area contributed by atoms with E-state index in [-0.39, 0.29) is 35.7 Å². The number of hydrogen-bond donors (Lipinski definition) is 0. The van der Waals surface area contributed by atoms with E-state index in [2.05, 4.69) is 0 Å². The molecule has 0 bridgehead atoms. The van der Waals surface area contributed by atoms with E-state index in [0.717, 1.165) is 0 Å². The second-order valence-electron chi connectivity index (χ2n) is 9.73. The van der Waals surface area contributed by atoms with E-state index < -0.39 is 21.8 Å². The largest absolute Gasteiger partial charge is 0.457 e. The zero-order chi connectivity index (χ0) is 32.5. The number of nitrogens with zero attached hydrogens (tertiary/aromatic N) is 2. The van der Waals surface area contributed by atoms with Crippen molar-refractivity contribution in [3.63, 3.8) is 0 Å². The molecule has 0 unspecified atom stereocenters. The van der Waals surface area contributed by atoms with Crippen LogP contribution in [0.1, 0.15) is 31.8 Å². The molecule has 230 valence electrons. The number of hydrogen-bond acceptors (Lipinski definition) is 10. The summed E-state index contributed by atoms with van der Waals surface area (Å²) in [5.41, 5.74) is 1.68. The predicted molar refractivity (Wildman–Crippen MR) is 164 cm³/mol. The van der Waals surface area contributed by atoms with Crippen LogP contribution in [0, 0.1) is 20.2 Å². The van der Waals surface area contributed by atoms with Gasteiger partial charge in [0, 0.05) is 24.3 Å². The summed E-state index contributed by atoms with van der Waals surface area (Å²) in [5.74, 6) is 0.636. The fraction of sp³-hybridized carbons (Fsp3) is 0.0588. The quantitative estimate of drug-likeness (QED) is 0.0765. The summed E-state index contributed by atoms with van der Waals surface area (Å²) in [4.78, 5) is 46.0. The molecule has 5 aromatic carbocycles. The van der Waals surface area contributed by atoms with Crippen LogP contribution >= 0.6 is 0 Å². The second kappa shape index (κ2) is 14.3. The molecule has 0 fully saturated rings. The molecule has 0 spiro atoms. The molecule has 46 heavy (non-hydrogen) atoms. The SMILES string of the molecule is O=C(OCc1ccc(Oc2ccc([N+](=O)[O-])cc2)cc1)c1cccc(C(=O)OCc2ccc(Oc3ccc([N+](=O)[O-])cc3)cc2)c1. The third-order valence-electron chi connectivity index (χ3n) is 6.49. The van der Waals surface area contributed by atoms with Crippen LogP contribution in [0.2, 0.25) is 0 Å². The minimum atomic E-state index is -0.621. The Morgan fingerprint density at radius 3 is 1.15 bits per heavy atom. The number of ether oxygens (including phenoxy) is 4. The number of nitro benzene ring substituents is 2. The molecule has 0 aliphatic carbocycles. The highest BCUT2D eigenvalue weighted by atomic mass is 16.6. The van der Waals surface area contributed by atoms with E-state index in [1.54, 1.807) is 54.6 Å². The van der Waals surface area contributed by atoms with Crippen LogP contribution in [-0.2, 0) is 22.7 Å². The first-order valence-electron chi connectivity index (χ1n) is 13.7. The number of carbonyl (C=O) groups is 2. The molecular formula is C34H24N2O10. The molecule has 12 heteroatoms. The first-order valence-corrected chi connectivity index (χ1v) is 13.7. The van der Waals surface area contributed by atoms with Gasteiger partial charge in [-0.15, -0.1) is 0 Å². The Morgan fingerprint density at radius 1 is 0.500 bits per heavy atom. The van der Waals surface area contributed by atoms with E-state index in [0.29, 0.717) is 34.1 Å². The van der Waals surface area contributed by atoms with Crippen molar-refractivity contribution in [2.45, 2.75) is 13.2 Å². The van der Waals surface area contributed by atoms with Crippen LogP contribution in [-0.4, -0.2) is 21.8 Å². The predicted octanol–water partition coefficient (Wildman–Crippen LogP) is 7.80. The third-order valence-corrected chi connectivity index (χ3v) is 6.49. The van der Waals surface area contributed by atoms with Gasteiger partial charge in [0.2, 0.25) is 0 Å². The Morgan fingerprint density at radius 2 is 0.826 bits per heavy atom. The molecule has 0 aliphatic heterocycles. The zero-order valence-electron chi connectivity index (χ0n) is 23.9. The number of nitro groups is 2. The number of non-ortho nitro benzene ring substituents is 2. The van der Waals surface area contributed by atoms with E-state index >= 15 is 0 Å². The summed E-state index contributed by atoms with van der Waals surface area (Å²) in [6.45, 7) is -0.0373. The molecule has 0 aromatic heterocycles. The maximum Gasteiger partial charge on any atom is 0.338 e. The van der Waals surface area contributed by atoms with Crippen LogP contribution in [0.4, 0.5) is 11.4 Å². The first kappa shape index (κ1) is 30.9. The van der Waals surface area contributed by atoms with Crippen molar-refractivity contribution in [3.05, 3.63) is 164 Å². The Bertz CT molecular complexity index is 1720. The lowest BCUT2D eigenvalue weighted by Gasteiger charge is -2.09. The molecule has 0 N–H and O–H groups in total. The summed E-state index contributed by atoms with van der Waals surface area (Å²) < 4.78 is 22.2. The van der Waals surface area contributed by atoms with Gasteiger partial charge < -0.3 is 18.9 Å². The van der Waals surface area contributed by atoms with Crippen molar-refractivity contribution in [3.8, 4) is 23.0 Å². The first-order chi connectivity index (χ1) is 22.2. The molecule has 0 saturated heterocycles. The number of carbonyl (C=O) groups excluding carboxylic acids is 2. The summed E-state index contributed by atoms with van der Waals surface area (Å²) in [7, 11) is 0. The van der Waals surface area contributed by atoms with Crippen LogP contribution in [0.5, 0.6) is 23.0 Å². The molecular weight excluding hydrogens is 596 g/mol. The number of benzene rings is 5. The Kier molecular flexibility index (Phi) is 9.58. The topological polar surface area (TPSA) is 157 Å². The number of esters is 2. The molecule has 0 atom stereocenters. The van der Waals surface area contributed by atoms with Crippen molar-refractivity contribution < 1.29 is 38.4 Å². The van der Waals surface area contributed by atoms with Gasteiger partial charge in [0.25, 0.3) is 11.4 Å². The maximum absolute atomic E-state index is 12.7. The van der Waals surface area contributed by atoms with E-state index in [1.807, 2.05) is 0 Å². The minimum Gasteiger partial charge on any atom is -0.457 e. The minimum absolute atomic E-state index is 0.0186. The fourth-order valence-electron chi connectivity index (χ4n) is 4.09. The Balaban J connectivity index is 1.09. The molecule has 12 nitrogen and oxygen atoms in total. The van der Waals surface area contributed by atoms with E-state index in [9.17, 15) is 29.8 Å². The van der Waals surface area contributed by atoms with Crippen LogP contribution in [0.15, 0.2) is 121 Å². The maximum atomic E-state index is 12.7. The molecule has 0 amide bonds. The van der Waals surface area contributed by atoms with Gasteiger partial charge in [-0.1, -0.05) is 30.3 Å². The average Bonchev–Trinajstić information content (AvgIpc) is 3.08.